The molecule has 1 aliphatic rings. The van der Waals surface area contributed by atoms with Gasteiger partial charge in [-0.05, 0) is 43.2 Å². The fourth-order valence-corrected chi connectivity index (χ4v) is 5.12. The standard InChI is InChI=1S/C20H20FN3O3S2/c1-29(26,27)14-6-7-16-18(12-14)28-20(22-16)23-19(25)13-8-10-24(11-9-13)17-5-3-2-4-15(17)21/h2-7,12-13H,8-11H2,1H3,(H,22,23,25). The molecule has 1 fully saturated rings. The first kappa shape index (κ1) is 19.8. The lowest BCUT2D eigenvalue weighted by atomic mass is 9.95. The third-order valence-electron chi connectivity index (χ3n) is 5.08. The van der Waals surface area contributed by atoms with E-state index in [1.807, 2.05) is 4.90 Å². The van der Waals surface area contributed by atoms with Gasteiger partial charge in [-0.1, -0.05) is 23.5 Å². The molecule has 0 radical (unpaired) electrons. The Bertz CT molecular complexity index is 1170. The number of hydrogen-bond donors (Lipinski definition) is 1. The summed E-state index contributed by atoms with van der Waals surface area (Å²) >= 11 is 1.25. The van der Waals surface area contributed by atoms with E-state index >= 15 is 0 Å². The quantitative estimate of drug-likeness (QED) is 0.679. The number of carbonyl (C=O) groups excluding carboxylic acids is 1. The number of halogens is 1. The largest absolute Gasteiger partial charge is 0.369 e. The van der Waals surface area contributed by atoms with Crippen LogP contribution < -0.4 is 10.2 Å². The van der Waals surface area contributed by atoms with Gasteiger partial charge in [-0.3, -0.25) is 4.79 Å². The first-order chi connectivity index (χ1) is 13.8. The summed E-state index contributed by atoms with van der Waals surface area (Å²) in [7, 11) is -3.30. The van der Waals surface area contributed by atoms with E-state index in [1.54, 1.807) is 30.3 Å². The van der Waals surface area contributed by atoms with E-state index in [9.17, 15) is 17.6 Å². The number of anilines is 2. The maximum atomic E-state index is 14.0. The minimum Gasteiger partial charge on any atom is -0.369 e. The van der Waals surface area contributed by atoms with Crippen LogP contribution >= 0.6 is 11.3 Å². The number of thiazole rings is 1. The molecule has 9 heteroatoms. The van der Waals surface area contributed by atoms with Crippen molar-refractivity contribution < 1.29 is 17.6 Å². The number of amides is 1. The highest BCUT2D eigenvalue weighted by molar-refractivity contribution is 7.90. The van der Waals surface area contributed by atoms with Crippen LogP contribution in [0.5, 0.6) is 0 Å². The Morgan fingerprint density at radius 2 is 1.93 bits per heavy atom. The molecule has 1 aromatic heterocycles. The van der Waals surface area contributed by atoms with Crippen molar-refractivity contribution in [3.8, 4) is 0 Å². The van der Waals surface area contributed by atoms with Crippen LogP contribution in [0.15, 0.2) is 47.4 Å². The highest BCUT2D eigenvalue weighted by Crippen LogP contribution is 2.30. The highest BCUT2D eigenvalue weighted by Gasteiger charge is 2.26. The number of hydrogen-bond acceptors (Lipinski definition) is 6. The molecule has 1 aliphatic heterocycles. The number of piperidine rings is 1. The van der Waals surface area contributed by atoms with Gasteiger partial charge in [0.2, 0.25) is 5.91 Å². The summed E-state index contributed by atoms with van der Waals surface area (Å²) in [5, 5.41) is 3.30. The number of sulfone groups is 1. The third-order valence-corrected chi connectivity index (χ3v) is 7.12. The molecule has 4 rings (SSSR count). The fourth-order valence-electron chi connectivity index (χ4n) is 3.49. The fraction of sp³-hybridized carbons (Fsp3) is 0.300. The van der Waals surface area contributed by atoms with Gasteiger partial charge in [0.05, 0.1) is 20.8 Å². The molecule has 0 saturated carbocycles. The molecule has 1 amide bonds. The van der Waals surface area contributed by atoms with Crippen molar-refractivity contribution in [2.75, 3.05) is 29.6 Å². The van der Waals surface area contributed by atoms with Crippen LogP contribution in [0, 0.1) is 11.7 Å². The molecule has 0 bridgehead atoms. The van der Waals surface area contributed by atoms with Crippen LogP contribution in [0.1, 0.15) is 12.8 Å². The molecule has 2 heterocycles. The molecular formula is C20H20FN3O3S2. The summed E-state index contributed by atoms with van der Waals surface area (Å²) in [5.74, 6) is -0.532. The normalized spacial score (nSPS) is 15.6. The van der Waals surface area contributed by atoms with E-state index in [2.05, 4.69) is 10.3 Å². The van der Waals surface area contributed by atoms with Gasteiger partial charge in [-0.2, -0.15) is 0 Å². The van der Waals surface area contributed by atoms with E-state index in [4.69, 9.17) is 0 Å². The van der Waals surface area contributed by atoms with Crippen molar-refractivity contribution in [2.24, 2.45) is 5.92 Å². The lowest BCUT2D eigenvalue weighted by molar-refractivity contribution is -0.120. The Morgan fingerprint density at radius 3 is 2.62 bits per heavy atom. The summed E-state index contributed by atoms with van der Waals surface area (Å²) in [6.07, 6.45) is 2.41. The van der Waals surface area contributed by atoms with E-state index in [0.717, 1.165) is 6.26 Å². The highest BCUT2D eigenvalue weighted by atomic mass is 32.2. The van der Waals surface area contributed by atoms with Crippen LogP contribution in [-0.4, -0.2) is 38.7 Å². The number of para-hydroxylation sites is 1. The number of rotatable bonds is 4. The van der Waals surface area contributed by atoms with E-state index < -0.39 is 9.84 Å². The maximum absolute atomic E-state index is 14.0. The summed E-state index contributed by atoms with van der Waals surface area (Å²) in [6.45, 7) is 1.22. The summed E-state index contributed by atoms with van der Waals surface area (Å²) in [6, 6.07) is 11.4. The Kier molecular flexibility index (Phi) is 5.26. The zero-order valence-corrected chi connectivity index (χ0v) is 17.4. The van der Waals surface area contributed by atoms with Crippen molar-refractivity contribution in [3.63, 3.8) is 0 Å². The first-order valence-electron chi connectivity index (χ1n) is 9.22. The number of carbonyl (C=O) groups is 1. The smallest absolute Gasteiger partial charge is 0.229 e. The monoisotopic (exact) mass is 433 g/mol. The zero-order valence-electron chi connectivity index (χ0n) is 15.8. The number of aromatic nitrogens is 1. The lowest BCUT2D eigenvalue weighted by Gasteiger charge is -2.33. The second-order valence-corrected chi connectivity index (χ2v) is 10.2. The lowest BCUT2D eigenvalue weighted by Crippen LogP contribution is -2.38. The molecule has 3 aromatic rings. The van der Waals surface area contributed by atoms with Gasteiger partial charge in [0.15, 0.2) is 15.0 Å². The van der Waals surface area contributed by atoms with Crippen LogP contribution in [0.3, 0.4) is 0 Å². The Hall–Kier alpha value is -2.52. The summed E-state index contributed by atoms with van der Waals surface area (Å²) < 4.78 is 38.1. The Balaban J connectivity index is 1.42. The van der Waals surface area contributed by atoms with Crippen LogP contribution in [0.25, 0.3) is 10.2 Å². The molecule has 0 aliphatic carbocycles. The molecular weight excluding hydrogens is 413 g/mol. The minimum atomic E-state index is -3.30. The third kappa shape index (κ3) is 4.25. The van der Waals surface area contributed by atoms with Gasteiger partial charge in [-0.25, -0.2) is 17.8 Å². The van der Waals surface area contributed by atoms with Gasteiger partial charge in [0.25, 0.3) is 0 Å². The van der Waals surface area contributed by atoms with Gasteiger partial charge in [-0.15, -0.1) is 0 Å². The first-order valence-corrected chi connectivity index (χ1v) is 11.9. The second-order valence-electron chi connectivity index (χ2n) is 7.12. The molecule has 1 N–H and O–H groups in total. The molecule has 0 atom stereocenters. The number of fused-ring (bicyclic) bond motifs is 1. The topological polar surface area (TPSA) is 79.4 Å². The second kappa shape index (κ2) is 7.72. The molecule has 0 spiro atoms. The molecule has 1 saturated heterocycles. The molecule has 6 nitrogen and oxygen atoms in total. The average Bonchev–Trinajstić information content (AvgIpc) is 3.09. The zero-order chi connectivity index (χ0) is 20.6. The van der Waals surface area contributed by atoms with Crippen molar-refractivity contribution in [3.05, 3.63) is 48.3 Å². The molecule has 29 heavy (non-hydrogen) atoms. The number of nitrogens with zero attached hydrogens (tertiary/aromatic N) is 2. The van der Waals surface area contributed by atoms with Crippen molar-refractivity contribution in [1.29, 1.82) is 0 Å². The molecule has 152 valence electrons. The minimum absolute atomic E-state index is 0.111. The van der Waals surface area contributed by atoms with Crippen LogP contribution in [0.2, 0.25) is 0 Å². The predicted molar refractivity (Wildman–Crippen MR) is 113 cm³/mol. The summed E-state index contributed by atoms with van der Waals surface area (Å²) in [5.41, 5.74) is 1.21. The summed E-state index contributed by atoms with van der Waals surface area (Å²) in [4.78, 5) is 19.2. The van der Waals surface area contributed by atoms with Crippen molar-refractivity contribution >= 4 is 48.1 Å². The Morgan fingerprint density at radius 1 is 1.21 bits per heavy atom. The van der Waals surface area contributed by atoms with E-state index in [1.165, 1.54) is 23.5 Å². The van der Waals surface area contributed by atoms with Gasteiger partial charge in [0.1, 0.15) is 5.82 Å². The van der Waals surface area contributed by atoms with E-state index in [-0.39, 0.29) is 22.5 Å². The average molecular weight is 434 g/mol. The van der Waals surface area contributed by atoms with Gasteiger partial charge < -0.3 is 10.2 Å². The SMILES string of the molecule is CS(=O)(=O)c1ccc2nc(NC(=O)C3CCN(c4ccccc4F)CC3)sc2c1. The molecule has 2 aromatic carbocycles. The number of benzene rings is 2. The van der Waals surface area contributed by atoms with Crippen molar-refractivity contribution in [1.82, 2.24) is 4.98 Å². The van der Waals surface area contributed by atoms with Crippen molar-refractivity contribution in [2.45, 2.75) is 17.7 Å². The molecule has 0 unspecified atom stereocenters. The predicted octanol–water partition coefficient (Wildman–Crippen LogP) is 3.69. The van der Waals surface area contributed by atoms with Gasteiger partial charge >= 0.3 is 0 Å². The van der Waals surface area contributed by atoms with Crippen LogP contribution in [-0.2, 0) is 14.6 Å². The Labute approximate surface area is 172 Å². The number of nitrogens with one attached hydrogen (secondary N) is 1. The van der Waals surface area contributed by atoms with Crippen LogP contribution in [0.4, 0.5) is 15.2 Å². The maximum Gasteiger partial charge on any atom is 0.229 e. The van der Waals surface area contributed by atoms with Gasteiger partial charge in [0, 0.05) is 25.3 Å². The van der Waals surface area contributed by atoms with E-state index in [0.29, 0.717) is 47.0 Å².